The van der Waals surface area contributed by atoms with Gasteiger partial charge in [-0.25, -0.2) is 0 Å². The van der Waals surface area contributed by atoms with E-state index < -0.39 is 28.3 Å². The maximum Gasteiger partial charge on any atom is 0.305 e. The Morgan fingerprint density at radius 3 is 1.80 bits per heavy atom. The molecule has 2 fully saturated rings. The van der Waals surface area contributed by atoms with Crippen molar-refractivity contribution in [2.24, 2.45) is 0 Å². The van der Waals surface area contributed by atoms with Gasteiger partial charge in [0.05, 0.1) is 25.4 Å². The number of hydrogen-bond acceptors (Lipinski definition) is 8. The molecule has 6 atom stereocenters. The molecule has 8 nitrogen and oxygen atoms in total. The molecule has 2 aliphatic heterocycles. The van der Waals surface area contributed by atoms with Gasteiger partial charge in [-0.3, -0.25) is 9.59 Å². The van der Waals surface area contributed by atoms with Crippen LogP contribution in [0.25, 0.3) is 0 Å². The molecule has 0 radical (unpaired) electrons. The Kier molecular flexibility index (Phi) is 15.5. The fourth-order valence-corrected chi connectivity index (χ4v) is 20.3. The Morgan fingerprint density at radius 2 is 1.35 bits per heavy atom. The first-order valence-electron chi connectivity index (χ1n) is 18.2. The van der Waals surface area contributed by atoms with E-state index in [4.69, 9.17) is 27.8 Å². The van der Waals surface area contributed by atoms with E-state index in [-0.39, 0.29) is 42.8 Å². The molecule has 0 spiro atoms. The minimum Gasteiger partial charge on any atom is -0.469 e. The summed E-state index contributed by atoms with van der Waals surface area (Å²) in [7, 11) is -2.82. The second-order valence-electron chi connectivity index (χ2n) is 16.1. The highest BCUT2D eigenvalue weighted by Crippen LogP contribution is 2.48. The van der Waals surface area contributed by atoms with E-state index in [9.17, 15) is 9.59 Å². The van der Waals surface area contributed by atoms with Crippen molar-refractivity contribution >= 4 is 28.6 Å². The Balaban J connectivity index is 2.41. The molecule has 0 amide bonds. The summed E-state index contributed by atoms with van der Waals surface area (Å²) < 4.78 is 39.0. The fraction of sp³-hybridized carbons (Fsp3) is 0.944. The molecule has 0 aromatic carbocycles. The van der Waals surface area contributed by atoms with Gasteiger partial charge >= 0.3 is 11.9 Å². The van der Waals surface area contributed by atoms with E-state index in [1.807, 2.05) is 6.92 Å². The SMILES string of the molecule is COC(=O)CC[C@@]1(C)O[C@H]2[C@@H](O[Si](C(C)C)(C(C)C)C(C)C)C[C@@H](CCCO[Si](C(C)C)(C(C)C)C(C)C)O[C@@H]2C[C@@H]1OC(C)=O. The number of carbonyl (C=O) groups is 2. The lowest BCUT2D eigenvalue weighted by molar-refractivity contribution is -0.284. The van der Waals surface area contributed by atoms with Crippen molar-refractivity contribution in [1.82, 2.24) is 0 Å². The lowest BCUT2D eigenvalue weighted by atomic mass is 9.81. The van der Waals surface area contributed by atoms with Crippen LogP contribution >= 0.6 is 0 Å². The van der Waals surface area contributed by atoms with Gasteiger partial charge in [-0.2, -0.15) is 0 Å². The Labute approximate surface area is 284 Å². The lowest BCUT2D eigenvalue weighted by Crippen LogP contribution is -2.65. The molecule has 2 aliphatic rings. The summed E-state index contributed by atoms with van der Waals surface area (Å²) in [5.74, 6) is -0.679. The van der Waals surface area contributed by atoms with Gasteiger partial charge in [0.1, 0.15) is 17.8 Å². The number of carbonyl (C=O) groups excluding carboxylic acids is 2. The van der Waals surface area contributed by atoms with Gasteiger partial charge in [0, 0.05) is 32.8 Å². The third kappa shape index (κ3) is 9.26. The van der Waals surface area contributed by atoms with Gasteiger partial charge in [0.15, 0.2) is 8.32 Å². The van der Waals surface area contributed by atoms with Crippen molar-refractivity contribution in [3.05, 3.63) is 0 Å². The first kappa shape index (κ1) is 41.4. The van der Waals surface area contributed by atoms with E-state index in [2.05, 4.69) is 83.1 Å². The molecule has 270 valence electrons. The number of hydrogen-bond donors (Lipinski definition) is 0. The average molecular weight is 687 g/mol. The van der Waals surface area contributed by atoms with Crippen LogP contribution < -0.4 is 0 Å². The van der Waals surface area contributed by atoms with Crippen molar-refractivity contribution < 1.29 is 37.4 Å². The van der Waals surface area contributed by atoms with Gasteiger partial charge in [-0.05, 0) is 59.4 Å². The highest BCUT2D eigenvalue weighted by Gasteiger charge is 2.56. The number of methoxy groups -OCH3 is 1. The smallest absolute Gasteiger partial charge is 0.305 e. The molecule has 0 aromatic rings. The summed E-state index contributed by atoms with van der Waals surface area (Å²) in [6, 6.07) is 0. The molecule has 2 saturated heterocycles. The molecule has 0 bridgehead atoms. The highest BCUT2D eigenvalue weighted by molar-refractivity contribution is 6.78. The summed E-state index contributed by atoms with van der Waals surface area (Å²) in [5.41, 5.74) is 2.03. The monoisotopic (exact) mass is 686 g/mol. The fourth-order valence-electron chi connectivity index (χ4n) is 9.28. The molecule has 2 heterocycles. The van der Waals surface area contributed by atoms with Crippen LogP contribution in [0.1, 0.15) is 135 Å². The average Bonchev–Trinajstić information content (AvgIpc) is 2.93. The molecule has 0 aromatic heterocycles. The molecule has 46 heavy (non-hydrogen) atoms. The number of rotatable bonds is 17. The minimum absolute atomic E-state index is 0.0118. The van der Waals surface area contributed by atoms with Crippen molar-refractivity contribution in [3.8, 4) is 0 Å². The van der Waals surface area contributed by atoms with Crippen molar-refractivity contribution in [2.75, 3.05) is 13.7 Å². The maximum absolute atomic E-state index is 12.3. The number of esters is 2. The van der Waals surface area contributed by atoms with Gasteiger partial charge in [0.2, 0.25) is 8.32 Å². The van der Waals surface area contributed by atoms with Crippen LogP contribution in [-0.2, 0) is 37.4 Å². The van der Waals surface area contributed by atoms with Crippen LogP contribution in [0.4, 0.5) is 0 Å². The Bertz CT molecular complexity index is 924. The topological polar surface area (TPSA) is 89.5 Å². The zero-order chi connectivity index (χ0) is 35.2. The normalized spacial score (nSPS) is 27.6. The third-order valence-electron chi connectivity index (χ3n) is 11.3. The van der Waals surface area contributed by atoms with Crippen LogP contribution in [0.5, 0.6) is 0 Å². The van der Waals surface area contributed by atoms with Crippen LogP contribution in [0.3, 0.4) is 0 Å². The molecular formula is C36H70O8Si2. The van der Waals surface area contributed by atoms with E-state index in [1.165, 1.54) is 14.0 Å². The first-order valence-corrected chi connectivity index (χ1v) is 22.4. The number of fused-ring (bicyclic) bond motifs is 1. The van der Waals surface area contributed by atoms with E-state index in [1.54, 1.807) is 0 Å². The Hall–Kier alpha value is -0.786. The molecule has 0 N–H and O–H groups in total. The van der Waals surface area contributed by atoms with Gasteiger partial charge in [-0.15, -0.1) is 0 Å². The van der Waals surface area contributed by atoms with Crippen molar-refractivity contribution in [2.45, 2.75) is 205 Å². The maximum atomic E-state index is 12.3. The first-order chi connectivity index (χ1) is 21.3. The summed E-state index contributed by atoms with van der Waals surface area (Å²) >= 11 is 0. The van der Waals surface area contributed by atoms with Gasteiger partial charge in [-0.1, -0.05) is 83.1 Å². The molecule has 0 aliphatic carbocycles. The van der Waals surface area contributed by atoms with Crippen molar-refractivity contribution in [1.29, 1.82) is 0 Å². The lowest BCUT2D eigenvalue weighted by Gasteiger charge is -2.55. The second-order valence-corrected chi connectivity index (χ2v) is 27.0. The molecule has 10 heteroatoms. The predicted molar refractivity (Wildman–Crippen MR) is 190 cm³/mol. The zero-order valence-electron chi connectivity index (χ0n) is 32.1. The Morgan fingerprint density at radius 1 is 0.826 bits per heavy atom. The van der Waals surface area contributed by atoms with Gasteiger partial charge in [0.25, 0.3) is 0 Å². The summed E-state index contributed by atoms with van der Waals surface area (Å²) in [4.78, 5) is 24.4. The summed E-state index contributed by atoms with van der Waals surface area (Å²) in [5, 5.41) is 0. The summed E-state index contributed by atoms with van der Waals surface area (Å²) in [6.45, 7) is 31.9. The van der Waals surface area contributed by atoms with E-state index in [0.717, 1.165) is 25.9 Å². The van der Waals surface area contributed by atoms with Crippen LogP contribution in [0.2, 0.25) is 33.2 Å². The standard InChI is InChI=1S/C36H70O8Si2/c1-23(2)45(24(3)4,25(5)6)40-20-16-17-30-21-32(44-46(26(7)8,27(9)10)28(11)12)35-31(42-30)22-33(41-29(13)37)36(14,43-35)19-18-34(38)39-15/h23-28,30-33,35H,16-22H2,1-15H3/t30-,31-,32+,33+,35-,36-/m1/s1. The molecule has 2 rings (SSSR count). The minimum atomic E-state index is -2.27. The molecular weight excluding hydrogens is 617 g/mol. The highest BCUT2D eigenvalue weighted by atomic mass is 28.4. The summed E-state index contributed by atoms with van der Waals surface area (Å²) in [6.07, 6.45) is 2.26. The quantitative estimate of drug-likeness (QED) is 0.0851. The van der Waals surface area contributed by atoms with Crippen LogP contribution in [0, 0.1) is 0 Å². The third-order valence-corrected chi connectivity index (χ3v) is 23.5. The predicted octanol–water partition coefficient (Wildman–Crippen LogP) is 9.11. The van der Waals surface area contributed by atoms with E-state index >= 15 is 0 Å². The largest absolute Gasteiger partial charge is 0.469 e. The van der Waals surface area contributed by atoms with Gasteiger partial charge < -0.3 is 27.8 Å². The van der Waals surface area contributed by atoms with Crippen LogP contribution in [-0.4, -0.2) is 78.4 Å². The second kappa shape index (κ2) is 17.2. The van der Waals surface area contributed by atoms with E-state index in [0.29, 0.717) is 46.1 Å². The number of ether oxygens (including phenoxy) is 4. The van der Waals surface area contributed by atoms with Crippen LogP contribution in [0.15, 0.2) is 0 Å². The zero-order valence-corrected chi connectivity index (χ0v) is 34.1. The van der Waals surface area contributed by atoms with Crippen molar-refractivity contribution in [3.63, 3.8) is 0 Å². The molecule has 0 saturated carbocycles. The molecule has 0 unspecified atom stereocenters.